The van der Waals surface area contributed by atoms with Crippen LogP contribution in [-0.2, 0) is 6.42 Å². The van der Waals surface area contributed by atoms with Crippen LogP contribution in [0.15, 0.2) is 12.1 Å². The normalized spacial score (nSPS) is 41.2. The molecule has 0 unspecified atom stereocenters. The summed E-state index contributed by atoms with van der Waals surface area (Å²) in [5.74, 6) is 2.12. The second-order valence-corrected chi connectivity index (χ2v) is 7.62. The molecule has 1 aromatic carbocycles. The summed E-state index contributed by atoms with van der Waals surface area (Å²) < 4.78 is 0. The van der Waals surface area contributed by atoms with Gasteiger partial charge in [-0.1, -0.05) is 13.0 Å². The molecule has 0 saturated heterocycles. The minimum Gasteiger partial charge on any atom is -0.506 e. The maximum Gasteiger partial charge on any atom is 0.138 e. The number of nitrogen functional groups attached to an aromatic ring is 1. The summed E-state index contributed by atoms with van der Waals surface area (Å²) in [6.45, 7) is 2.30. The third kappa shape index (κ3) is 1.70. The third-order valence-corrected chi connectivity index (χ3v) is 6.88. The largest absolute Gasteiger partial charge is 0.506 e. The molecule has 0 aromatic heterocycles. The van der Waals surface area contributed by atoms with Crippen molar-refractivity contribution in [1.82, 2.24) is 0 Å². The minimum atomic E-state index is -0.116. The summed E-state index contributed by atoms with van der Waals surface area (Å²) >= 11 is 0. The van der Waals surface area contributed by atoms with Gasteiger partial charge in [0, 0.05) is 0 Å². The molecule has 0 bridgehead atoms. The second kappa shape index (κ2) is 4.39. The summed E-state index contributed by atoms with van der Waals surface area (Å²) in [7, 11) is 0. The zero-order valence-corrected chi connectivity index (χ0v) is 12.7. The molecule has 1 aromatic rings. The average molecular weight is 287 g/mol. The van der Waals surface area contributed by atoms with E-state index in [1.54, 1.807) is 6.07 Å². The topological polar surface area (TPSA) is 66.5 Å². The molecule has 114 valence electrons. The number of phenols is 1. The summed E-state index contributed by atoms with van der Waals surface area (Å²) in [4.78, 5) is 0. The number of aliphatic hydroxyl groups excluding tert-OH is 1. The number of aliphatic hydroxyl groups is 1. The van der Waals surface area contributed by atoms with Crippen LogP contribution in [0.2, 0.25) is 0 Å². The van der Waals surface area contributed by atoms with E-state index in [1.807, 2.05) is 0 Å². The van der Waals surface area contributed by atoms with Crippen molar-refractivity contribution in [3.05, 3.63) is 23.3 Å². The predicted octanol–water partition coefficient (Wildman–Crippen LogP) is 3.19. The first-order chi connectivity index (χ1) is 10.0. The molecule has 5 atom stereocenters. The van der Waals surface area contributed by atoms with Crippen LogP contribution in [0.25, 0.3) is 0 Å². The Morgan fingerprint density at radius 3 is 2.81 bits per heavy atom. The Kier molecular flexibility index (Phi) is 2.81. The number of hydrogen-bond acceptors (Lipinski definition) is 3. The Morgan fingerprint density at radius 2 is 2.00 bits per heavy atom. The molecule has 0 radical (unpaired) electrons. The lowest BCUT2D eigenvalue weighted by Gasteiger charge is -2.50. The van der Waals surface area contributed by atoms with Crippen molar-refractivity contribution in [3.8, 4) is 5.75 Å². The number of phenolic OH excluding ortho intramolecular Hbond substituents is 1. The standard InChI is InChI=1S/C18H25NO2/c1-18-9-8-11-10-4-6-15(20)17(19)13(10)3-2-12(11)14(18)5-7-16(18)21/h4,6,11-12,14,16,20-21H,2-3,5,7-9,19H2,1H3/t11-,12+,14+,16+,18+/m1/s1. The van der Waals surface area contributed by atoms with Crippen LogP contribution in [0.5, 0.6) is 5.75 Å². The second-order valence-electron chi connectivity index (χ2n) is 7.62. The molecule has 2 saturated carbocycles. The van der Waals surface area contributed by atoms with Gasteiger partial charge in [0.2, 0.25) is 0 Å². The number of nitrogens with two attached hydrogens (primary N) is 1. The van der Waals surface area contributed by atoms with E-state index in [9.17, 15) is 10.2 Å². The lowest BCUT2D eigenvalue weighted by molar-refractivity contribution is -0.0225. The van der Waals surface area contributed by atoms with E-state index in [2.05, 4.69) is 13.0 Å². The smallest absolute Gasteiger partial charge is 0.138 e. The van der Waals surface area contributed by atoms with Gasteiger partial charge in [0.25, 0.3) is 0 Å². The number of aromatic hydroxyl groups is 1. The van der Waals surface area contributed by atoms with E-state index in [0.717, 1.165) is 32.1 Å². The predicted molar refractivity (Wildman–Crippen MR) is 83.1 cm³/mol. The highest BCUT2D eigenvalue weighted by molar-refractivity contribution is 5.62. The van der Waals surface area contributed by atoms with Crippen molar-refractivity contribution in [2.45, 2.75) is 57.5 Å². The molecular weight excluding hydrogens is 262 g/mol. The van der Waals surface area contributed by atoms with Gasteiger partial charge in [-0.25, -0.2) is 0 Å². The Morgan fingerprint density at radius 1 is 1.19 bits per heavy atom. The van der Waals surface area contributed by atoms with Crippen LogP contribution in [0, 0.1) is 17.3 Å². The van der Waals surface area contributed by atoms with Crippen molar-refractivity contribution in [1.29, 1.82) is 0 Å². The fraction of sp³-hybridized carbons (Fsp3) is 0.667. The van der Waals surface area contributed by atoms with Crippen molar-refractivity contribution < 1.29 is 10.2 Å². The van der Waals surface area contributed by atoms with E-state index in [1.165, 1.54) is 17.5 Å². The Hall–Kier alpha value is -1.22. The monoisotopic (exact) mass is 287 g/mol. The SMILES string of the molecule is C[C@]12CC[C@@H]3c4ccc(O)c(N)c4CC[C@@H]3[C@@H]1CC[C@@H]2O. The van der Waals surface area contributed by atoms with Gasteiger partial charge in [0.15, 0.2) is 0 Å². The first-order valence-electron chi connectivity index (χ1n) is 8.30. The Balaban J connectivity index is 1.74. The molecule has 0 spiro atoms. The lowest BCUT2D eigenvalue weighted by atomic mass is 9.55. The van der Waals surface area contributed by atoms with Crippen LogP contribution in [0.3, 0.4) is 0 Å². The van der Waals surface area contributed by atoms with Gasteiger partial charge in [-0.15, -0.1) is 0 Å². The van der Waals surface area contributed by atoms with Gasteiger partial charge in [-0.2, -0.15) is 0 Å². The Bertz CT molecular complexity index is 585. The number of rotatable bonds is 0. The lowest BCUT2D eigenvalue weighted by Crippen LogP contribution is -2.44. The number of anilines is 1. The molecule has 0 amide bonds. The van der Waals surface area contributed by atoms with Crippen LogP contribution in [0.4, 0.5) is 5.69 Å². The van der Waals surface area contributed by atoms with Crippen LogP contribution in [-0.4, -0.2) is 16.3 Å². The van der Waals surface area contributed by atoms with Gasteiger partial charge < -0.3 is 15.9 Å². The van der Waals surface area contributed by atoms with Crippen molar-refractivity contribution in [2.24, 2.45) is 17.3 Å². The molecule has 4 rings (SSSR count). The molecule has 3 aliphatic carbocycles. The van der Waals surface area contributed by atoms with Crippen molar-refractivity contribution in [2.75, 3.05) is 5.73 Å². The minimum absolute atomic E-state index is 0.116. The highest BCUT2D eigenvalue weighted by Gasteiger charge is 2.54. The van der Waals surface area contributed by atoms with Crippen molar-refractivity contribution in [3.63, 3.8) is 0 Å². The van der Waals surface area contributed by atoms with Crippen LogP contribution < -0.4 is 5.73 Å². The molecular formula is C18H25NO2. The zero-order chi connectivity index (χ0) is 14.8. The molecule has 2 fully saturated rings. The highest BCUT2D eigenvalue weighted by Crippen LogP contribution is 2.61. The average Bonchev–Trinajstić information content (AvgIpc) is 2.78. The number of benzene rings is 1. The molecule has 3 nitrogen and oxygen atoms in total. The Labute approximate surface area is 126 Å². The molecule has 0 heterocycles. The number of fused-ring (bicyclic) bond motifs is 5. The zero-order valence-electron chi connectivity index (χ0n) is 12.7. The fourth-order valence-electron chi connectivity index (χ4n) is 5.66. The quantitative estimate of drug-likeness (QED) is 0.507. The van der Waals surface area contributed by atoms with E-state index in [0.29, 0.717) is 23.4 Å². The van der Waals surface area contributed by atoms with Crippen LogP contribution in [0.1, 0.15) is 56.1 Å². The summed E-state index contributed by atoms with van der Waals surface area (Å²) in [5.41, 5.74) is 9.35. The van der Waals surface area contributed by atoms with Gasteiger partial charge >= 0.3 is 0 Å². The summed E-state index contributed by atoms with van der Waals surface area (Å²) in [6, 6.07) is 3.85. The maximum absolute atomic E-state index is 10.4. The fourth-order valence-corrected chi connectivity index (χ4v) is 5.66. The van der Waals surface area contributed by atoms with Crippen LogP contribution >= 0.6 is 0 Å². The molecule has 4 N–H and O–H groups in total. The van der Waals surface area contributed by atoms with Gasteiger partial charge in [0.1, 0.15) is 5.75 Å². The summed E-state index contributed by atoms with van der Waals surface area (Å²) in [6.07, 6.45) is 6.40. The van der Waals surface area contributed by atoms with E-state index in [4.69, 9.17) is 5.73 Å². The van der Waals surface area contributed by atoms with Gasteiger partial charge in [-0.3, -0.25) is 0 Å². The molecule has 21 heavy (non-hydrogen) atoms. The van der Waals surface area contributed by atoms with E-state index < -0.39 is 0 Å². The third-order valence-electron chi connectivity index (χ3n) is 6.88. The molecule has 3 aliphatic rings. The first-order valence-corrected chi connectivity index (χ1v) is 8.30. The maximum atomic E-state index is 10.4. The van der Waals surface area contributed by atoms with E-state index >= 15 is 0 Å². The first kappa shape index (κ1) is 13.4. The molecule has 3 heteroatoms. The van der Waals surface area contributed by atoms with Gasteiger partial charge in [0.05, 0.1) is 11.8 Å². The summed E-state index contributed by atoms with van der Waals surface area (Å²) in [5, 5.41) is 20.2. The number of hydrogen-bond donors (Lipinski definition) is 3. The van der Waals surface area contributed by atoms with E-state index in [-0.39, 0.29) is 17.3 Å². The molecule has 0 aliphatic heterocycles. The van der Waals surface area contributed by atoms with Gasteiger partial charge in [-0.05, 0) is 78.9 Å². The highest BCUT2D eigenvalue weighted by atomic mass is 16.3. The van der Waals surface area contributed by atoms with Crippen molar-refractivity contribution >= 4 is 5.69 Å².